The molecule has 4 nitrogen and oxygen atoms in total. The van der Waals surface area contributed by atoms with Crippen molar-refractivity contribution < 1.29 is 9.21 Å². The molecule has 0 bridgehead atoms. The second kappa shape index (κ2) is 9.23. The Labute approximate surface area is 176 Å². The molecule has 1 aromatic heterocycles. The van der Waals surface area contributed by atoms with Gasteiger partial charge in [0.15, 0.2) is 11.7 Å². The normalized spacial score (nSPS) is 11.8. The molecule has 30 heavy (non-hydrogen) atoms. The maximum atomic E-state index is 12.5. The molecule has 4 aromatic rings. The number of aromatic nitrogens is 1. The lowest BCUT2D eigenvalue weighted by Gasteiger charge is -2.13. The summed E-state index contributed by atoms with van der Waals surface area (Å²) < 4.78 is 6.10. The van der Waals surface area contributed by atoms with Crippen LogP contribution in [0.1, 0.15) is 30.8 Å². The molecule has 3 aromatic carbocycles. The van der Waals surface area contributed by atoms with Crippen LogP contribution >= 0.6 is 0 Å². The molecule has 0 aliphatic rings. The highest BCUT2D eigenvalue weighted by atomic mass is 16.4. The van der Waals surface area contributed by atoms with Crippen LogP contribution in [-0.2, 0) is 11.2 Å². The van der Waals surface area contributed by atoms with E-state index in [9.17, 15) is 4.79 Å². The summed E-state index contributed by atoms with van der Waals surface area (Å²) in [6, 6.07) is 29.8. The number of benzene rings is 3. The van der Waals surface area contributed by atoms with Crippen molar-refractivity contribution in [3.05, 3.63) is 102 Å². The molecule has 0 saturated carbocycles. The first-order valence-electron chi connectivity index (χ1n) is 10.2. The number of hydrogen-bond donors (Lipinski definition) is 1. The molecule has 0 saturated heterocycles. The van der Waals surface area contributed by atoms with E-state index in [-0.39, 0.29) is 11.9 Å². The fraction of sp³-hybridized carbons (Fsp3) is 0.154. The van der Waals surface area contributed by atoms with E-state index in [2.05, 4.69) is 5.32 Å². The Bertz CT molecular complexity index is 1030. The second-order valence-electron chi connectivity index (χ2n) is 7.22. The highest BCUT2D eigenvalue weighted by Crippen LogP contribution is 2.32. The number of aryl methyl sites for hydroxylation is 1. The summed E-state index contributed by atoms with van der Waals surface area (Å²) in [5.74, 6) is 1.28. The fourth-order valence-electron chi connectivity index (χ4n) is 3.41. The zero-order valence-corrected chi connectivity index (χ0v) is 16.9. The predicted molar refractivity (Wildman–Crippen MR) is 119 cm³/mol. The van der Waals surface area contributed by atoms with E-state index >= 15 is 0 Å². The smallest absolute Gasteiger partial charge is 0.220 e. The van der Waals surface area contributed by atoms with Crippen molar-refractivity contribution in [2.75, 3.05) is 0 Å². The zero-order valence-electron chi connectivity index (χ0n) is 16.9. The van der Waals surface area contributed by atoms with Crippen LogP contribution in [0.4, 0.5) is 0 Å². The van der Waals surface area contributed by atoms with Gasteiger partial charge in [0.25, 0.3) is 0 Å². The summed E-state index contributed by atoms with van der Waals surface area (Å²) in [7, 11) is 0. The molecule has 1 N–H and O–H groups in total. The molecule has 4 rings (SSSR count). The average Bonchev–Trinajstić information content (AvgIpc) is 3.24. The number of rotatable bonds is 7. The van der Waals surface area contributed by atoms with Gasteiger partial charge in [0.05, 0.1) is 6.04 Å². The highest BCUT2D eigenvalue weighted by Gasteiger charge is 2.18. The minimum Gasteiger partial charge on any atom is -0.440 e. The summed E-state index contributed by atoms with van der Waals surface area (Å²) in [5.41, 5.74) is 3.85. The Morgan fingerprint density at radius 2 is 1.43 bits per heavy atom. The van der Waals surface area contributed by atoms with E-state index in [0.717, 1.165) is 28.1 Å². The standard InChI is InChI=1S/C26H24N2O2/c1-19(20-11-5-2-6-12-20)27-23(29)17-18-24-28-25(21-13-7-3-8-14-21)26(30-24)22-15-9-4-10-16-22/h2-16,19H,17-18H2,1H3,(H,27,29)/t19-/m1/s1. The quantitative estimate of drug-likeness (QED) is 0.428. The van der Waals surface area contributed by atoms with Crippen LogP contribution in [0.2, 0.25) is 0 Å². The number of carbonyl (C=O) groups is 1. The van der Waals surface area contributed by atoms with Gasteiger partial charge in [-0.1, -0.05) is 91.0 Å². The highest BCUT2D eigenvalue weighted by molar-refractivity contribution is 5.78. The number of nitrogens with zero attached hydrogens (tertiary/aromatic N) is 1. The number of oxazole rings is 1. The van der Waals surface area contributed by atoms with Crippen molar-refractivity contribution in [3.63, 3.8) is 0 Å². The molecule has 4 heteroatoms. The first kappa shape index (κ1) is 19.6. The van der Waals surface area contributed by atoms with Crippen molar-refractivity contribution in [2.24, 2.45) is 0 Å². The molecule has 1 amide bonds. The van der Waals surface area contributed by atoms with E-state index < -0.39 is 0 Å². The number of nitrogens with one attached hydrogen (secondary N) is 1. The van der Waals surface area contributed by atoms with Gasteiger partial charge >= 0.3 is 0 Å². The van der Waals surface area contributed by atoms with Crippen LogP contribution < -0.4 is 5.32 Å². The number of hydrogen-bond acceptors (Lipinski definition) is 3. The molecule has 0 radical (unpaired) electrons. The minimum atomic E-state index is -0.0389. The largest absolute Gasteiger partial charge is 0.440 e. The molecular weight excluding hydrogens is 372 g/mol. The lowest BCUT2D eigenvalue weighted by Crippen LogP contribution is -2.26. The summed E-state index contributed by atoms with van der Waals surface area (Å²) in [5, 5.41) is 3.04. The molecule has 0 aliphatic carbocycles. The van der Waals surface area contributed by atoms with E-state index in [1.165, 1.54) is 0 Å². The Balaban J connectivity index is 1.49. The van der Waals surface area contributed by atoms with Crippen molar-refractivity contribution in [1.82, 2.24) is 10.3 Å². The van der Waals surface area contributed by atoms with Crippen molar-refractivity contribution in [1.29, 1.82) is 0 Å². The van der Waals surface area contributed by atoms with Gasteiger partial charge in [0.2, 0.25) is 5.91 Å². The van der Waals surface area contributed by atoms with Gasteiger partial charge in [0, 0.05) is 24.0 Å². The maximum absolute atomic E-state index is 12.5. The number of carbonyl (C=O) groups excluding carboxylic acids is 1. The van der Waals surface area contributed by atoms with E-state index in [1.807, 2.05) is 97.9 Å². The van der Waals surface area contributed by atoms with Gasteiger partial charge in [-0.05, 0) is 12.5 Å². The first-order chi connectivity index (χ1) is 14.7. The third kappa shape index (κ3) is 4.66. The monoisotopic (exact) mass is 396 g/mol. The van der Waals surface area contributed by atoms with E-state index in [4.69, 9.17) is 9.40 Å². The molecule has 0 aliphatic heterocycles. The summed E-state index contributed by atoms with van der Waals surface area (Å²) in [6.45, 7) is 1.99. The van der Waals surface area contributed by atoms with E-state index in [1.54, 1.807) is 0 Å². The molecule has 1 atom stereocenters. The Hall–Kier alpha value is -3.66. The third-order valence-corrected chi connectivity index (χ3v) is 5.00. The van der Waals surface area contributed by atoms with E-state index in [0.29, 0.717) is 18.7 Å². The van der Waals surface area contributed by atoms with Crippen LogP contribution in [-0.4, -0.2) is 10.9 Å². The Morgan fingerprint density at radius 1 is 0.867 bits per heavy atom. The maximum Gasteiger partial charge on any atom is 0.220 e. The van der Waals surface area contributed by atoms with Gasteiger partial charge in [0.1, 0.15) is 5.69 Å². The number of amides is 1. The Kier molecular flexibility index (Phi) is 6.04. The Morgan fingerprint density at radius 3 is 2.07 bits per heavy atom. The molecule has 150 valence electrons. The summed E-state index contributed by atoms with van der Waals surface area (Å²) in [4.78, 5) is 17.2. The van der Waals surface area contributed by atoms with Crippen LogP contribution in [0.25, 0.3) is 22.6 Å². The van der Waals surface area contributed by atoms with Gasteiger partial charge in [-0.3, -0.25) is 4.79 Å². The zero-order chi connectivity index (χ0) is 20.8. The molecule has 0 spiro atoms. The molecule has 0 fully saturated rings. The lowest BCUT2D eigenvalue weighted by molar-refractivity contribution is -0.121. The van der Waals surface area contributed by atoms with Gasteiger partial charge in [-0.15, -0.1) is 0 Å². The van der Waals surface area contributed by atoms with Crippen LogP contribution in [0, 0.1) is 0 Å². The topological polar surface area (TPSA) is 55.1 Å². The summed E-state index contributed by atoms with van der Waals surface area (Å²) in [6.07, 6.45) is 0.764. The fourth-order valence-corrected chi connectivity index (χ4v) is 3.41. The first-order valence-corrected chi connectivity index (χ1v) is 10.2. The van der Waals surface area contributed by atoms with Gasteiger partial charge in [-0.25, -0.2) is 4.98 Å². The van der Waals surface area contributed by atoms with Crippen LogP contribution in [0.3, 0.4) is 0 Å². The van der Waals surface area contributed by atoms with Crippen molar-refractivity contribution >= 4 is 5.91 Å². The molecular formula is C26H24N2O2. The molecule has 0 unspecified atom stereocenters. The third-order valence-electron chi connectivity index (χ3n) is 5.00. The summed E-state index contributed by atoms with van der Waals surface area (Å²) >= 11 is 0. The lowest BCUT2D eigenvalue weighted by atomic mass is 10.1. The molecule has 1 heterocycles. The van der Waals surface area contributed by atoms with Crippen LogP contribution in [0.5, 0.6) is 0 Å². The van der Waals surface area contributed by atoms with Crippen molar-refractivity contribution in [3.8, 4) is 22.6 Å². The van der Waals surface area contributed by atoms with Gasteiger partial charge in [-0.2, -0.15) is 0 Å². The van der Waals surface area contributed by atoms with Crippen LogP contribution in [0.15, 0.2) is 95.4 Å². The SMILES string of the molecule is C[C@@H](NC(=O)CCc1nc(-c2ccccc2)c(-c2ccccc2)o1)c1ccccc1. The predicted octanol–water partition coefficient (Wildman–Crippen LogP) is 5.82. The minimum absolute atomic E-state index is 0.0212. The average molecular weight is 396 g/mol. The van der Waals surface area contributed by atoms with Crippen molar-refractivity contribution in [2.45, 2.75) is 25.8 Å². The van der Waals surface area contributed by atoms with Gasteiger partial charge < -0.3 is 9.73 Å². The second-order valence-corrected chi connectivity index (χ2v) is 7.22.